The molecule has 0 aromatic rings. The van der Waals surface area contributed by atoms with Gasteiger partial charge in [0.05, 0.1) is 6.61 Å². The quantitative estimate of drug-likeness (QED) is 0.478. The van der Waals surface area contributed by atoms with Crippen molar-refractivity contribution in [3.63, 3.8) is 0 Å². The van der Waals surface area contributed by atoms with Crippen LogP contribution < -0.4 is 0 Å². The van der Waals surface area contributed by atoms with Gasteiger partial charge in [0.25, 0.3) is 0 Å². The molecule has 116 valence electrons. The van der Waals surface area contributed by atoms with Crippen molar-refractivity contribution in [1.82, 2.24) is 4.90 Å². The van der Waals surface area contributed by atoms with E-state index in [-0.39, 0.29) is 5.37 Å². The van der Waals surface area contributed by atoms with Gasteiger partial charge in [0.1, 0.15) is 5.37 Å². The highest BCUT2D eigenvalue weighted by Crippen LogP contribution is 2.10. The molecule has 2 atom stereocenters. The molecule has 0 saturated carbocycles. The predicted molar refractivity (Wildman–Crippen MR) is 84.5 cm³/mol. The van der Waals surface area contributed by atoms with Gasteiger partial charge in [-0.05, 0) is 26.9 Å². The summed E-state index contributed by atoms with van der Waals surface area (Å²) in [6, 6.07) is 0. The van der Waals surface area contributed by atoms with Gasteiger partial charge in [-0.1, -0.05) is 58.8 Å². The summed E-state index contributed by atoms with van der Waals surface area (Å²) in [5.74, 6) is 0. The summed E-state index contributed by atoms with van der Waals surface area (Å²) in [6.07, 6.45) is 11.1. The van der Waals surface area contributed by atoms with Gasteiger partial charge in [-0.15, -0.1) is 0 Å². The lowest BCUT2D eigenvalue weighted by molar-refractivity contribution is 0.293. The molecule has 0 bridgehead atoms. The van der Waals surface area contributed by atoms with Gasteiger partial charge < -0.3 is 0 Å². The highest BCUT2D eigenvalue weighted by Gasteiger charge is 2.17. The van der Waals surface area contributed by atoms with Crippen molar-refractivity contribution in [3.05, 3.63) is 0 Å². The van der Waals surface area contributed by atoms with E-state index in [1.54, 1.807) is 0 Å². The summed E-state index contributed by atoms with van der Waals surface area (Å²) < 4.78 is 17.3. The van der Waals surface area contributed by atoms with E-state index in [9.17, 15) is 4.21 Å². The Kier molecular flexibility index (Phi) is 13.1. The third kappa shape index (κ3) is 10.5. The summed E-state index contributed by atoms with van der Waals surface area (Å²) in [4.78, 5) is 1.98. The topological polar surface area (TPSA) is 29.5 Å². The van der Waals surface area contributed by atoms with Crippen molar-refractivity contribution in [1.29, 1.82) is 0 Å². The molecule has 0 spiro atoms. The maximum absolute atomic E-state index is 11.9. The number of rotatable bonds is 13. The Balaban J connectivity index is 3.41. The second-order valence-electron chi connectivity index (χ2n) is 5.38. The molecule has 0 N–H and O–H groups in total. The minimum absolute atomic E-state index is 0.0223. The number of nitrogens with zero attached hydrogens (tertiary/aromatic N) is 1. The lowest BCUT2D eigenvalue weighted by Crippen LogP contribution is -2.32. The molecule has 2 unspecified atom stereocenters. The van der Waals surface area contributed by atoms with Crippen LogP contribution in [0, 0.1) is 0 Å². The largest absolute Gasteiger partial charge is 0.294 e. The van der Waals surface area contributed by atoms with Gasteiger partial charge in [-0.2, -0.15) is 0 Å². The van der Waals surface area contributed by atoms with E-state index in [1.807, 2.05) is 25.9 Å². The first-order chi connectivity index (χ1) is 9.13. The van der Waals surface area contributed by atoms with Gasteiger partial charge >= 0.3 is 0 Å². The molecule has 0 rings (SSSR count). The Bertz CT molecular complexity index is 222. The lowest BCUT2D eigenvalue weighted by Gasteiger charge is -2.21. The molecule has 4 heteroatoms. The van der Waals surface area contributed by atoms with Crippen molar-refractivity contribution in [2.24, 2.45) is 0 Å². The fraction of sp³-hybridized carbons (Fsp3) is 1.00. The summed E-state index contributed by atoms with van der Waals surface area (Å²) in [5, 5.41) is 0.0223. The highest BCUT2D eigenvalue weighted by atomic mass is 32.2. The van der Waals surface area contributed by atoms with Crippen LogP contribution in [0.3, 0.4) is 0 Å². The SMILES string of the molecule is CCCCCCCCCCOS(=O)C(CC)N(C)C. The molecule has 0 amide bonds. The predicted octanol–water partition coefficient (Wildman–Crippen LogP) is 4.11. The molecular formula is C15H33NO2S. The van der Waals surface area contributed by atoms with E-state index in [2.05, 4.69) is 6.92 Å². The Morgan fingerprint density at radius 1 is 0.947 bits per heavy atom. The highest BCUT2D eigenvalue weighted by molar-refractivity contribution is 7.80. The molecule has 0 radical (unpaired) electrons. The first kappa shape index (κ1) is 19.1. The molecule has 19 heavy (non-hydrogen) atoms. The van der Waals surface area contributed by atoms with E-state index in [1.165, 1.54) is 44.9 Å². The number of unbranched alkanes of at least 4 members (excludes halogenated alkanes) is 7. The second-order valence-corrected chi connectivity index (χ2v) is 6.68. The molecule has 0 aliphatic heterocycles. The molecule has 0 aliphatic carbocycles. The van der Waals surface area contributed by atoms with Crippen LogP contribution in [0.1, 0.15) is 71.6 Å². The molecule has 0 heterocycles. The standard InChI is InChI=1S/C15H33NO2S/c1-5-7-8-9-10-11-12-13-14-18-19(17)15(6-2)16(3)4/h15H,5-14H2,1-4H3. The molecule has 0 aliphatic rings. The Labute approximate surface area is 122 Å². The minimum Gasteiger partial charge on any atom is -0.294 e. The molecular weight excluding hydrogens is 258 g/mol. The number of hydrogen-bond acceptors (Lipinski definition) is 3. The van der Waals surface area contributed by atoms with Crippen molar-refractivity contribution < 1.29 is 8.39 Å². The second kappa shape index (κ2) is 13.1. The summed E-state index contributed by atoms with van der Waals surface area (Å²) in [5.41, 5.74) is 0. The first-order valence-corrected chi connectivity index (χ1v) is 8.97. The molecule has 0 aromatic heterocycles. The Morgan fingerprint density at radius 3 is 1.95 bits per heavy atom. The van der Waals surface area contributed by atoms with Gasteiger partial charge in [0.15, 0.2) is 11.1 Å². The van der Waals surface area contributed by atoms with Crippen molar-refractivity contribution >= 4 is 11.1 Å². The van der Waals surface area contributed by atoms with Gasteiger partial charge in [0.2, 0.25) is 0 Å². The summed E-state index contributed by atoms with van der Waals surface area (Å²) in [7, 11) is 3.90. The molecule has 0 saturated heterocycles. The zero-order valence-corrected chi connectivity index (χ0v) is 14.1. The van der Waals surface area contributed by atoms with Gasteiger partial charge in [0, 0.05) is 0 Å². The van der Waals surface area contributed by atoms with Crippen LogP contribution in [0.15, 0.2) is 0 Å². The lowest BCUT2D eigenvalue weighted by atomic mass is 10.1. The third-order valence-corrected chi connectivity index (χ3v) is 4.94. The zero-order chi connectivity index (χ0) is 14.5. The first-order valence-electron chi connectivity index (χ1n) is 7.83. The third-order valence-electron chi connectivity index (χ3n) is 3.34. The molecule has 3 nitrogen and oxygen atoms in total. The fourth-order valence-corrected chi connectivity index (χ4v) is 3.18. The smallest absolute Gasteiger partial charge is 0.173 e. The van der Waals surface area contributed by atoms with Gasteiger partial charge in [-0.25, -0.2) is 4.21 Å². The van der Waals surface area contributed by atoms with Crippen molar-refractivity contribution in [2.75, 3.05) is 20.7 Å². The Morgan fingerprint density at radius 2 is 1.47 bits per heavy atom. The van der Waals surface area contributed by atoms with Crippen LogP contribution in [0.25, 0.3) is 0 Å². The maximum atomic E-state index is 11.9. The van der Waals surface area contributed by atoms with Crippen LogP contribution in [0.2, 0.25) is 0 Å². The zero-order valence-electron chi connectivity index (χ0n) is 13.3. The van der Waals surface area contributed by atoms with E-state index in [0.29, 0.717) is 6.61 Å². The number of hydrogen-bond donors (Lipinski definition) is 0. The van der Waals surface area contributed by atoms with Crippen LogP contribution >= 0.6 is 0 Å². The maximum Gasteiger partial charge on any atom is 0.173 e. The Hall–Kier alpha value is 0.0700. The minimum atomic E-state index is -1.17. The van der Waals surface area contributed by atoms with E-state index < -0.39 is 11.1 Å². The average Bonchev–Trinajstić information content (AvgIpc) is 2.37. The molecule has 0 fully saturated rings. The van der Waals surface area contributed by atoms with E-state index >= 15 is 0 Å². The van der Waals surface area contributed by atoms with Crippen LogP contribution in [-0.2, 0) is 15.3 Å². The van der Waals surface area contributed by atoms with Crippen LogP contribution in [0.4, 0.5) is 0 Å². The summed E-state index contributed by atoms with van der Waals surface area (Å²) >= 11 is -1.17. The fourth-order valence-electron chi connectivity index (χ4n) is 2.13. The average molecular weight is 292 g/mol. The van der Waals surface area contributed by atoms with Crippen molar-refractivity contribution in [3.8, 4) is 0 Å². The molecule has 0 aromatic carbocycles. The van der Waals surface area contributed by atoms with Crippen LogP contribution in [0.5, 0.6) is 0 Å². The van der Waals surface area contributed by atoms with Gasteiger partial charge in [-0.3, -0.25) is 9.08 Å². The van der Waals surface area contributed by atoms with E-state index in [4.69, 9.17) is 4.18 Å². The monoisotopic (exact) mass is 291 g/mol. The van der Waals surface area contributed by atoms with Crippen LogP contribution in [-0.4, -0.2) is 35.2 Å². The van der Waals surface area contributed by atoms with Crippen molar-refractivity contribution in [2.45, 2.75) is 77.0 Å². The van der Waals surface area contributed by atoms with E-state index in [0.717, 1.165) is 12.8 Å². The summed E-state index contributed by atoms with van der Waals surface area (Å²) in [6.45, 7) is 4.92. The normalized spacial score (nSPS) is 14.8.